The molecular formula is C19H19N3O3S. The van der Waals surface area contributed by atoms with Crippen molar-refractivity contribution < 1.29 is 14.3 Å². The molecule has 0 aliphatic rings. The highest BCUT2D eigenvalue weighted by molar-refractivity contribution is 7.14. The third-order valence-electron chi connectivity index (χ3n) is 3.68. The van der Waals surface area contributed by atoms with Gasteiger partial charge >= 0.3 is 0 Å². The minimum atomic E-state index is -0.175. The first-order valence-electron chi connectivity index (χ1n) is 7.96. The molecule has 6 nitrogen and oxygen atoms in total. The number of carbonyl (C=O) groups excluding carboxylic acids is 1. The number of amides is 1. The number of hydrogen-bond acceptors (Lipinski definition) is 6. The average Bonchev–Trinajstić information content (AvgIpc) is 3.15. The van der Waals surface area contributed by atoms with Gasteiger partial charge in [0, 0.05) is 10.9 Å². The van der Waals surface area contributed by atoms with Crippen molar-refractivity contribution in [1.29, 1.82) is 0 Å². The highest BCUT2D eigenvalue weighted by Crippen LogP contribution is 2.26. The maximum absolute atomic E-state index is 12.2. The van der Waals surface area contributed by atoms with E-state index in [-0.39, 0.29) is 12.5 Å². The summed E-state index contributed by atoms with van der Waals surface area (Å²) in [6, 6.07) is 15.1. The molecule has 2 aromatic carbocycles. The Kier molecular flexibility index (Phi) is 5.70. The molecule has 0 bridgehead atoms. The zero-order valence-electron chi connectivity index (χ0n) is 14.5. The third kappa shape index (κ3) is 4.31. The summed E-state index contributed by atoms with van der Waals surface area (Å²) in [5.74, 6) is 1.31. The molecule has 1 aromatic heterocycles. The highest BCUT2D eigenvalue weighted by Gasteiger charge is 2.09. The molecule has 0 aliphatic heterocycles. The van der Waals surface area contributed by atoms with Crippen LogP contribution in [0.25, 0.3) is 11.3 Å². The second-order valence-electron chi connectivity index (χ2n) is 5.37. The van der Waals surface area contributed by atoms with Crippen LogP contribution in [0.15, 0.2) is 53.9 Å². The van der Waals surface area contributed by atoms with Crippen molar-refractivity contribution in [2.75, 3.05) is 31.4 Å². The van der Waals surface area contributed by atoms with Gasteiger partial charge in [-0.05, 0) is 36.4 Å². The lowest BCUT2D eigenvalue weighted by atomic mass is 10.2. The Morgan fingerprint density at radius 3 is 2.58 bits per heavy atom. The Morgan fingerprint density at radius 1 is 1.08 bits per heavy atom. The third-order valence-corrected chi connectivity index (χ3v) is 4.44. The number of para-hydroxylation sites is 2. The molecule has 0 saturated carbocycles. The first-order chi connectivity index (χ1) is 12.7. The van der Waals surface area contributed by atoms with Crippen LogP contribution in [0.2, 0.25) is 0 Å². The smallest absolute Gasteiger partial charge is 0.245 e. The maximum Gasteiger partial charge on any atom is 0.245 e. The van der Waals surface area contributed by atoms with Crippen LogP contribution >= 0.6 is 11.3 Å². The van der Waals surface area contributed by atoms with Crippen molar-refractivity contribution in [3.63, 3.8) is 0 Å². The fourth-order valence-electron chi connectivity index (χ4n) is 2.36. The number of rotatable bonds is 7. The topological polar surface area (TPSA) is 72.5 Å². The van der Waals surface area contributed by atoms with Crippen molar-refractivity contribution >= 4 is 28.1 Å². The summed E-state index contributed by atoms with van der Waals surface area (Å²) in [5, 5.41) is 8.33. The Balaban J connectivity index is 1.59. The van der Waals surface area contributed by atoms with E-state index in [2.05, 4.69) is 15.6 Å². The van der Waals surface area contributed by atoms with E-state index in [4.69, 9.17) is 9.47 Å². The number of carbonyl (C=O) groups is 1. The second kappa shape index (κ2) is 8.35. The molecule has 3 aromatic rings. The SMILES string of the molecule is COc1ccc(-c2csc(NC(=O)CNc3ccccc3OC)n2)cc1. The Morgan fingerprint density at radius 2 is 1.85 bits per heavy atom. The lowest BCUT2D eigenvalue weighted by Gasteiger charge is -2.10. The van der Waals surface area contributed by atoms with Gasteiger partial charge in [-0.1, -0.05) is 12.1 Å². The van der Waals surface area contributed by atoms with E-state index in [1.165, 1.54) is 11.3 Å². The minimum absolute atomic E-state index is 0.123. The Hall–Kier alpha value is -3.06. The number of methoxy groups -OCH3 is 2. The van der Waals surface area contributed by atoms with E-state index in [1.807, 2.05) is 53.9 Å². The van der Waals surface area contributed by atoms with Crippen LogP contribution in [0.4, 0.5) is 10.8 Å². The van der Waals surface area contributed by atoms with Gasteiger partial charge in [-0.15, -0.1) is 11.3 Å². The molecule has 7 heteroatoms. The van der Waals surface area contributed by atoms with E-state index in [0.29, 0.717) is 10.9 Å². The largest absolute Gasteiger partial charge is 0.497 e. The standard InChI is InChI=1S/C19H19N3O3S/c1-24-14-9-7-13(8-10-14)16-12-26-19(21-16)22-18(23)11-20-15-5-3-4-6-17(15)25-2/h3-10,12,20H,11H2,1-2H3,(H,21,22,23). The van der Waals surface area contributed by atoms with Gasteiger partial charge in [0.1, 0.15) is 11.5 Å². The lowest BCUT2D eigenvalue weighted by Crippen LogP contribution is -2.21. The molecular weight excluding hydrogens is 350 g/mol. The van der Waals surface area contributed by atoms with Crippen LogP contribution in [-0.2, 0) is 4.79 Å². The van der Waals surface area contributed by atoms with Gasteiger partial charge in [0.15, 0.2) is 5.13 Å². The van der Waals surface area contributed by atoms with E-state index in [9.17, 15) is 4.79 Å². The molecule has 1 heterocycles. The first kappa shape index (κ1) is 17.8. The lowest BCUT2D eigenvalue weighted by molar-refractivity contribution is -0.114. The Bertz CT molecular complexity index is 878. The second-order valence-corrected chi connectivity index (χ2v) is 6.23. The number of nitrogens with zero attached hydrogens (tertiary/aromatic N) is 1. The number of benzene rings is 2. The highest BCUT2D eigenvalue weighted by atomic mass is 32.1. The quantitative estimate of drug-likeness (QED) is 0.661. The predicted octanol–water partition coefficient (Wildman–Crippen LogP) is 3.88. The fraction of sp³-hybridized carbons (Fsp3) is 0.158. The maximum atomic E-state index is 12.2. The van der Waals surface area contributed by atoms with E-state index < -0.39 is 0 Å². The molecule has 0 atom stereocenters. The Labute approximate surface area is 155 Å². The number of hydrogen-bond donors (Lipinski definition) is 2. The van der Waals surface area contributed by atoms with Crippen LogP contribution in [0.1, 0.15) is 0 Å². The normalized spacial score (nSPS) is 10.2. The number of thiazole rings is 1. The molecule has 2 N–H and O–H groups in total. The van der Waals surface area contributed by atoms with Gasteiger partial charge in [0.05, 0.1) is 32.1 Å². The molecule has 0 radical (unpaired) electrons. The molecule has 3 rings (SSSR count). The monoisotopic (exact) mass is 369 g/mol. The molecule has 0 unspecified atom stereocenters. The van der Waals surface area contributed by atoms with Crippen LogP contribution in [-0.4, -0.2) is 31.7 Å². The fourth-order valence-corrected chi connectivity index (χ4v) is 3.09. The summed E-state index contributed by atoms with van der Waals surface area (Å²) in [6.07, 6.45) is 0. The molecule has 0 spiro atoms. The number of aromatic nitrogens is 1. The van der Waals surface area contributed by atoms with Crippen molar-refractivity contribution in [2.24, 2.45) is 0 Å². The van der Waals surface area contributed by atoms with Crippen LogP contribution in [0.5, 0.6) is 11.5 Å². The van der Waals surface area contributed by atoms with Gasteiger partial charge in [-0.3, -0.25) is 4.79 Å². The summed E-state index contributed by atoms with van der Waals surface area (Å²) in [6.45, 7) is 0.123. The molecule has 0 saturated heterocycles. The van der Waals surface area contributed by atoms with Gasteiger partial charge in [-0.2, -0.15) is 0 Å². The minimum Gasteiger partial charge on any atom is -0.497 e. The molecule has 0 aliphatic carbocycles. The van der Waals surface area contributed by atoms with Gasteiger partial charge < -0.3 is 20.1 Å². The first-order valence-corrected chi connectivity index (χ1v) is 8.84. The number of anilines is 2. The van der Waals surface area contributed by atoms with Crippen LogP contribution in [0, 0.1) is 0 Å². The summed E-state index contributed by atoms with van der Waals surface area (Å²) in [4.78, 5) is 16.6. The predicted molar refractivity (Wildman–Crippen MR) is 104 cm³/mol. The average molecular weight is 369 g/mol. The molecule has 26 heavy (non-hydrogen) atoms. The van der Waals surface area contributed by atoms with Gasteiger partial charge in [-0.25, -0.2) is 4.98 Å². The van der Waals surface area contributed by atoms with Gasteiger partial charge in [0.2, 0.25) is 5.91 Å². The van der Waals surface area contributed by atoms with E-state index >= 15 is 0 Å². The van der Waals surface area contributed by atoms with Crippen molar-refractivity contribution in [1.82, 2.24) is 4.98 Å². The van der Waals surface area contributed by atoms with Crippen molar-refractivity contribution in [3.05, 3.63) is 53.9 Å². The molecule has 0 fully saturated rings. The zero-order chi connectivity index (χ0) is 18.4. The molecule has 1 amide bonds. The van der Waals surface area contributed by atoms with Crippen LogP contribution < -0.4 is 20.1 Å². The summed E-state index contributed by atoms with van der Waals surface area (Å²) >= 11 is 1.39. The number of ether oxygens (including phenoxy) is 2. The van der Waals surface area contributed by atoms with Crippen LogP contribution in [0.3, 0.4) is 0 Å². The zero-order valence-corrected chi connectivity index (χ0v) is 15.3. The van der Waals surface area contributed by atoms with Crippen molar-refractivity contribution in [2.45, 2.75) is 0 Å². The summed E-state index contributed by atoms with van der Waals surface area (Å²) < 4.78 is 10.4. The van der Waals surface area contributed by atoms with E-state index in [0.717, 1.165) is 22.7 Å². The number of nitrogens with one attached hydrogen (secondary N) is 2. The summed E-state index contributed by atoms with van der Waals surface area (Å²) in [5.41, 5.74) is 2.54. The van der Waals surface area contributed by atoms with Gasteiger partial charge in [0.25, 0.3) is 0 Å². The van der Waals surface area contributed by atoms with E-state index in [1.54, 1.807) is 14.2 Å². The summed E-state index contributed by atoms with van der Waals surface area (Å²) in [7, 11) is 3.22. The molecule has 134 valence electrons. The van der Waals surface area contributed by atoms with Crippen molar-refractivity contribution in [3.8, 4) is 22.8 Å².